The van der Waals surface area contributed by atoms with Gasteiger partial charge < -0.3 is 5.73 Å². The second-order valence-electron chi connectivity index (χ2n) is 4.03. The van der Waals surface area contributed by atoms with Gasteiger partial charge in [-0.2, -0.15) is 0 Å². The fourth-order valence-electron chi connectivity index (χ4n) is 1.97. The van der Waals surface area contributed by atoms with Gasteiger partial charge in [0.2, 0.25) is 0 Å². The maximum Gasteiger partial charge on any atom is 0.0686 e. The summed E-state index contributed by atoms with van der Waals surface area (Å²) in [5, 5.41) is 1.94. The van der Waals surface area contributed by atoms with E-state index < -0.39 is 0 Å². The van der Waals surface area contributed by atoms with Gasteiger partial charge in [0.15, 0.2) is 0 Å². The minimum atomic E-state index is 0.403. The van der Waals surface area contributed by atoms with E-state index in [1.807, 2.05) is 12.1 Å². The molecule has 2 aromatic rings. The topological polar surface area (TPSA) is 26.0 Å². The zero-order chi connectivity index (χ0) is 14.0. The summed E-state index contributed by atoms with van der Waals surface area (Å²) in [6.07, 6.45) is 0.690. The Morgan fingerprint density at radius 1 is 0.789 bits per heavy atom. The summed E-state index contributed by atoms with van der Waals surface area (Å²) in [6, 6.07) is 9.01. The lowest BCUT2D eigenvalue weighted by Crippen LogP contribution is -2.04. The molecule has 19 heavy (non-hydrogen) atoms. The first-order valence-corrected chi connectivity index (χ1v) is 7.18. The van der Waals surface area contributed by atoms with Crippen molar-refractivity contribution in [2.24, 2.45) is 5.73 Å². The highest BCUT2D eigenvalue weighted by Crippen LogP contribution is 2.43. The van der Waals surface area contributed by atoms with Crippen LogP contribution in [0.25, 0.3) is 11.1 Å². The van der Waals surface area contributed by atoms with Gasteiger partial charge in [-0.05, 0) is 36.7 Å². The highest BCUT2D eigenvalue weighted by Gasteiger charge is 2.17. The second-order valence-corrected chi connectivity index (χ2v) is 5.63. The Labute approximate surface area is 132 Å². The molecule has 0 aromatic heterocycles. The van der Waals surface area contributed by atoms with E-state index >= 15 is 0 Å². The second kappa shape index (κ2) is 6.34. The third-order valence-corrected chi connectivity index (χ3v) is 4.24. The first-order valence-electron chi connectivity index (χ1n) is 5.67. The molecule has 100 valence electrons. The van der Waals surface area contributed by atoms with Gasteiger partial charge in [0.05, 0.1) is 15.1 Å². The number of nitrogens with two attached hydrogens (primary N) is 1. The molecule has 0 heterocycles. The van der Waals surface area contributed by atoms with Crippen LogP contribution < -0.4 is 5.73 Å². The predicted molar refractivity (Wildman–Crippen MR) is 84.7 cm³/mol. The van der Waals surface area contributed by atoms with Gasteiger partial charge in [0.25, 0.3) is 0 Å². The minimum absolute atomic E-state index is 0.403. The molecule has 1 nitrogen and oxygen atoms in total. The van der Waals surface area contributed by atoms with Crippen LogP contribution in [0.2, 0.25) is 20.1 Å². The van der Waals surface area contributed by atoms with Crippen LogP contribution in [0.5, 0.6) is 0 Å². The number of halogens is 4. The van der Waals surface area contributed by atoms with Gasteiger partial charge in [0.1, 0.15) is 0 Å². The fourth-order valence-corrected chi connectivity index (χ4v) is 2.97. The van der Waals surface area contributed by atoms with Gasteiger partial charge in [0, 0.05) is 16.1 Å². The summed E-state index contributed by atoms with van der Waals surface area (Å²) >= 11 is 24.9. The largest absolute Gasteiger partial charge is 0.330 e. The van der Waals surface area contributed by atoms with Gasteiger partial charge >= 0.3 is 0 Å². The molecule has 0 saturated carbocycles. The van der Waals surface area contributed by atoms with Crippen molar-refractivity contribution in [2.75, 3.05) is 6.54 Å². The molecule has 0 bridgehead atoms. The Balaban J connectivity index is 2.75. The molecule has 0 fully saturated rings. The van der Waals surface area contributed by atoms with Crippen molar-refractivity contribution in [3.05, 3.63) is 56.0 Å². The summed E-state index contributed by atoms with van der Waals surface area (Å²) in [6.45, 7) is 0.517. The van der Waals surface area contributed by atoms with E-state index in [9.17, 15) is 0 Å². The summed E-state index contributed by atoms with van der Waals surface area (Å²) in [7, 11) is 0. The fraction of sp³-hybridized carbons (Fsp3) is 0.143. The molecule has 0 unspecified atom stereocenters. The lowest BCUT2D eigenvalue weighted by atomic mass is 9.97. The number of hydrogen-bond acceptors (Lipinski definition) is 1. The molecule has 0 aliphatic heterocycles. The maximum absolute atomic E-state index is 6.29. The molecule has 2 N–H and O–H groups in total. The lowest BCUT2D eigenvalue weighted by molar-refractivity contribution is 0.971. The Morgan fingerprint density at radius 2 is 1.42 bits per heavy atom. The summed E-state index contributed by atoms with van der Waals surface area (Å²) in [5.74, 6) is 0. The van der Waals surface area contributed by atoms with Crippen LogP contribution in [-0.2, 0) is 6.42 Å². The highest BCUT2D eigenvalue weighted by molar-refractivity contribution is 6.47. The van der Waals surface area contributed by atoms with E-state index in [4.69, 9.17) is 52.1 Å². The van der Waals surface area contributed by atoms with Gasteiger partial charge in [-0.1, -0.05) is 58.5 Å². The van der Waals surface area contributed by atoms with E-state index in [-0.39, 0.29) is 0 Å². The van der Waals surface area contributed by atoms with Crippen molar-refractivity contribution < 1.29 is 0 Å². The smallest absolute Gasteiger partial charge is 0.0686 e. The SMILES string of the molecule is NCCc1cccc(Cl)c1-c1c(Cl)ccc(Cl)c1Cl. The molecule has 0 aliphatic rings. The van der Waals surface area contributed by atoms with Crippen LogP contribution in [0.1, 0.15) is 5.56 Å². The molecule has 0 radical (unpaired) electrons. The van der Waals surface area contributed by atoms with Gasteiger partial charge in [-0.15, -0.1) is 0 Å². The third-order valence-electron chi connectivity index (χ3n) is 2.81. The normalized spacial score (nSPS) is 10.8. The molecule has 2 rings (SSSR count). The van der Waals surface area contributed by atoms with E-state index in [1.54, 1.807) is 18.2 Å². The first-order chi connectivity index (χ1) is 9.06. The zero-order valence-corrected chi connectivity index (χ0v) is 12.9. The van der Waals surface area contributed by atoms with Crippen LogP contribution in [0.3, 0.4) is 0 Å². The zero-order valence-electron chi connectivity index (χ0n) is 9.89. The first kappa shape index (κ1) is 15.0. The number of rotatable bonds is 3. The van der Waals surface area contributed by atoms with Crippen molar-refractivity contribution in [3.63, 3.8) is 0 Å². The molecular weight excluding hydrogens is 324 g/mol. The number of hydrogen-bond donors (Lipinski definition) is 1. The molecule has 0 spiro atoms. The molecule has 0 saturated heterocycles. The van der Waals surface area contributed by atoms with Gasteiger partial charge in [-0.25, -0.2) is 0 Å². The Bertz CT molecular complexity index is 611. The van der Waals surface area contributed by atoms with Crippen LogP contribution in [-0.4, -0.2) is 6.54 Å². The standard InChI is InChI=1S/C14H11Cl4N/c15-9-3-1-2-8(6-7-19)12(9)13-10(16)4-5-11(17)14(13)18/h1-5H,6-7,19H2. The molecule has 2 aromatic carbocycles. The van der Waals surface area contributed by atoms with E-state index in [0.717, 1.165) is 11.1 Å². The van der Waals surface area contributed by atoms with Crippen LogP contribution in [0.15, 0.2) is 30.3 Å². The molecule has 0 atom stereocenters. The van der Waals surface area contributed by atoms with E-state index in [0.29, 0.717) is 38.6 Å². The minimum Gasteiger partial charge on any atom is -0.330 e. The van der Waals surface area contributed by atoms with E-state index in [2.05, 4.69) is 0 Å². The average Bonchev–Trinajstić information content (AvgIpc) is 2.38. The van der Waals surface area contributed by atoms with Crippen molar-refractivity contribution in [1.82, 2.24) is 0 Å². The average molecular weight is 335 g/mol. The molecule has 5 heteroatoms. The Hall–Kier alpha value is -0.440. The monoisotopic (exact) mass is 333 g/mol. The van der Waals surface area contributed by atoms with Crippen molar-refractivity contribution >= 4 is 46.4 Å². The summed E-state index contributed by atoms with van der Waals surface area (Å²) < 4.78 is 0. The maximum atomic E-state index is 6.29. The van der Waals surface area contributed by atoms with Crippen LogP contribution in [0.4, 0.5) is 0 Å². The van der Waals surface area contributed by atoms with Crippen molar-refractivity contribution in [3.8, 4) is 11.1 Å². The van der Waals surface area contributed by atoms with Crippen LogP contribution in [0, 0.1) is 0 Å². The Kier molecular flexibility index (Phi) is 4.99. The van der Waals surface area contributed by atoms with E-state index in [1.165, 1.54) is 0 Å². The predicted octanol–water partition coefficient (Wildman–Crippen LogP) is 5.47. The quantitative estimate of drug-likeness (QED) is 0.740. The summed E-state index contributed by atoms with van der Waals surface area (Å²) in [4.78, 5) is 0. The van der Waals surface area contributed by atoms with Crippen LogP contribution >= 0.6 is 46.4 Å². The Morgan fingerprint density at radius 3 is 2.11 bits per heavy atom. The van der Waals surface area contributed by atoms with Crippen molar-refractivity contribution in [2.45, 2.75) is 6.42 Å². The molecule has 0 aliphatic carbocycles. The van der Waals surface area contributed by atoms with Gasteiger partial charge in [-0.3, -0.25) is 0 Å². The summed E-state index contributed by atoms with van der Waals surface area (Å²) in [5.41, 5.74) is 8.09. The molecular formula is C14H11Cl4N. The lowest BCUT2D eigenvalue weighted by Gasteiger charge is -2.15. The van der Waals surface area contributed by atoms with Crippen molar-refractivity contribution in [1.29, 1.82) is 0 Å². The third kappa shape index (κ3) is 3.01. The highest BCUT2D eigenvalue weighted by atomic mass is 35.5. The number of benzene rings is 2. The molecule has 0 amide bonds.